The first-order valence-corrected chi connectivity index (χ1v) is 9.47. The fourth-order valence-corrected chi connectivity index (χ4v) is 3.65. The lowest BCUT2D eigenvalue weighted by atomic mass is 10.0. The number of rotatable bonds is 6. The van der Waals surface area contributed by atoms with Gasteiger partial charge >= 0.3 is 5.97 Å². The number of carboxylic acids is 1. The highest BCUT2D eigenvalue weighted by Gasteiger charge is 2.33. The van der Waals surface area contributed by atoms with Crippen LogP contribution in [-0.4, -0.2) is 40.6 Å². The molecule has 1 saturated heterocycles. The van der Waals surface area contributed by atoms with Crippen molar-refractivity contribution in [3.05, 3.63) is 77.6 Å². The number of aromatic carboxylic acids is 1. The summed E-state index contributed by atoms with van der Waals surface area (Å²) in [6.45, 7) is 4.84. The lowest BCUT2D eigenvalue weighted by Crippen LogP contribution is -2.54. The zero-order valence-electron chi connectivity index (χ0n) is 16.3. The molecule has 1 aliphatic heterocycles. The molecule has 0 radical (unpaired) electrons. The van der Waals surface area contributed by atoms with Crippen molar-refractivity contribution < 1.29 is 19.4 Å². The molecule has 3 aromatic rings. The van der Waals surface area contributed by atoms with E-state index in [0.717, 1.165) is 17.0 Å². The normalized spacial score (nSPS) is 13.8. The van der Waals surface area contributed by atoms with Crippen molar-refractivity contribution in [1.29, 1.82) is 0 Å². The minimum Gasteiger partial charge on any atom is -0.487 e. The van der Waals surface area contributed by atoms with Crippen LogP contribution in [0.25, 0.3) is 5.69 Å². The molecule has 0 atom stereocenters. The fourth-order valence-electron chi connectivity index (χ4n) is 3.65. The van der Waals surface area contributed by atoms with E-state index in [1.807, 2.05) is 42.1 Å². The molecule has 0 aliphatic carbocycles. The first-order valence-electron chi connectivity index (χ1n) is 9.47. The number of carbonyl (C=O) groups is 2. The summed E-state index contributed by atoms with van der Waals surface area (Å²) < 4.78 is 7.86. The minimum atomic E-state index is -0.950. The number of nitrogens with zero attached hydrogens (tertiary/aromatic N) is 2. The van der Waals surface area contributed by atoms with Crippen molar-refractivity contribution >= 4 is 17.4 Å². The molecular weight excluding hydrogens is 368 g/mol. The molecule has 0 spiro atoms. The molecule has 148 valence electrons. The van der Waals surface area contributed by atoms with Gasteiger partial charge in [-0.3, -0.25) is 4.79 Å². The van der Waals surface area contributed by atoms with E-state index in [0.29, 0.717) is 24.3 Å². The maximum atomic E-state index is 11.8. The van der Waals surface area contributed by atoms with Gasteiger partial charge in [-0.1, -0.05) is 6.07 Å². The maximum absolute atomic E-state index is 11.8. The highest BCUT2D eigenvalue weighted by atomic mass is 16.5. The molecule has 6 nitrogen and oxygen atoms in total. The van der Waals surface area contributed by atoms with Crippen molar-refractivity contribution in [3.63, 3.8) is 0 Å². The Morgan fingerprint density at radius 1 is 1.00 bits per heavy atom. The van der Waals surface area contributed by atoms with Crippen LogP contribution in [0.5, 0.6) is 5.75 Å². The van der Waals surface area contributed by atoms with Crippen LogP contribution in [0.4, 0.5) is 5.69 Å². The third-order valence-corrected chi connectivity index (χ3v) is 5.17. The summed E-state index contributed by atoms with van der Waals surface area (Å²) in [6.07, 6.45) is 3.72. The molecule has 1 N–H and O–H groups in total. The Morgan fingerprint density at radius 3 is 2.24 bits per heavy atom. The van der Waals surface area contributed by atoms with Gasteiger partial charge in [0.05, 0.1) is 30.0 Å². The van der Waals surface area contributed by atoms with Gasteiger partial charge in [0.25, 0.3) is 0 Å². The van der Waals surface area contributed by atoms with Gasteiger partial charge in [-0.2, -0.15) is 0 Å². The Kier molecular flexibility index (Phi) is 4.84. The van der Waals surface area contributed by atoms with E-state index < -0.39 is 5.97 Å². The van der Waals surface area contributed by atoms with Crippen molar-refractivity contribution in [2.75, 3.05) is 18.0 Å². The maximum Gasteiger partial charge on any atom is 0.337 e. The highest BCUT2D eigenvalue weighted by molar-refractivity contribution is 5.96. The Labute approximate surface area is 169 Å². The lowest BCUT2D eigenvalue weighted by molar-refractivity contribution is 0.0696. The van der Waals surface area contributed by atoms with Crippen LogP contribution in [0.2, 0.25) is 0 Å². The summed E-state index contributed by atoms with van der Waals surface area (Å²) in [7, 11) is 0. The van der Waals surface area contributed by atoms with Crippen LogP contribution in [-0.2, 0) is 0 Å². The van der Waals surface area contributed by atoms with Crippen molar-refractivity contribution in [2.24, 2.45) is 0 Å². The Bertz CT molecular complexity index is 1050. The molecule has 2 aromatic carbocycles. The van der Waals surface area contributed by atoms with Crippen LogP contribution in [0, 0.1) is 6.92 Å². The number of Topliss-reactive ketones (excluding diaryl/α,β-unsaturated/α-hetero) is 1. The molecule has 4 rings (SSSR count). The second-order valence-corrected chi connectivity index (χ2v) is 7.25. The number of hydrogen-bond acceptors (Lipinski definition) is 4. The third kappa shape index (κ3) is 3.61. The van der Waals surface area contributed by atoms with Crippen molar-refractivity contribution in [1.82, 2.24) is 4.57 Å². The predicted octanol–water partition coefficient (Wildman–Crippen LogP) is 3.95. The van der Waals surface area contributed by atoms with Crippen LogP contribution in [0.1, 0.15) is 33.2 Å². The monoisotopic (exact) mass is 390 g/mol. The number of hydrogen-bond donors (Lipinski definition) is 1. The zero-order chi connectivity index (χ0) is 20.5. The first kappa shape index (κ1) is 18.8. The van der Waals surface area contributed by atoms with Crippen LogP contribution in [0.3, 0.4) is 0 Å². The number of ketones is 1. The number of aryl methyl sites for hydroxylation is 1. The van der Waals surface area contributed by atoms with Gasteiger partial charge in [-0.05, 0) is 61.9 Å². The first-order chi connectivity index (χ1) is 13.9. The molecule has 6 heteroatoms. The molecule has 0 amide bonds. The smallest absolute Gasteiger partial charge is 0.337 e. The van der Waals surface area contributed by atoms with E-state index in [-0.39, 0.29) is 17.5 Å². The largest absolute Gasteiger partial charge is 0.487 e. The SMILES string of the molecule is CC(=O)c1ccc(OC2CN(c3c(C)ccc(C(=O)O)c3-n3cccc3)C2)cc1. The Balaban J connectivity index is 1.55. The Morgan fingerprint density at radius 2 is 1.66 bits per heavy atom. The highest BCUT2D eigenvalue weighted by Crippen LogP contribution is 2.35. The van der Waals surface area contributed by atoms with E-state index in [4.69, 9.17) is 4.74 Å². The van der Waals surface area contributed by atoms with E-state index >= 15 is 0 Å². The summed E-state index contributed by atoms with van der Waals surface area (Å²) in [5, 5.41) is 9.68. The summed E-state index contributed by atoms with van der Waals surface area (Å²) in [5.41, 5.74) is 3.53. The predicted molar refractivity (Wildman–Crippen MR) is 111 cm³/mol. The van der Waals surface area contributed by atoms with Gasteiger partial charge in [-0.25, -0.2) is 4.79 Å². The molecule has 1 aromatic heterocycles. The average molecular weight is 390 g/mol. The molecule has 0 bridgehead atoms. The zero-order valence-corrected chi connectivity index (χ0v) is 16.3. The number of ether oxygens (including phenoxy) is 1. The standard InChI is InChI=1S/C23H22N2O4/c1-15-5-10-20(23(27)28)22(24-11-3-4-12-24)21(15)25-13-19(14-25)29-18-8-6-17(7-9-18)16(2)26/h3-12,19H,13-14H2,1-2H3,(H,27,28). The summed E-state index contributed by atoms with van der Waals surface area (Å²) in [5.74, 6) is -0.201. The number of carboxylic acid groups (broad SMARTS) is 1. The molecular formula is C23H22N2O4. The molecule has 1 aliphatic rings. The second kappa shape index (κ2) is 7.47. The summed E-state index contributed by atoms with van der Waals surface area (Å²) in [4.78, 5) is 25.3. The Hall–Kier alpha value is -3.54. The number of anilines is 1. The molecule has 2 heterocycles. The summed E-state index contributed by atoms with van der Waals surface area (Å²) in [6, 6.07) is 14.4. The number of aromatic nitrogens is 1. The summed E-state index contributed by atoms with van der Waals surface area (Å²) >= 11 is 0. The average Bonchev–Trinajstić information content (AvgIpc) is 3.19. The van der Waals surface area contributed by atoms with Gasteiger partial charge < -0.3 is 19.3 Å². The van der Waals surface area contributed by atoms with Gasteiger partial charge in [-0.15, -0.1) is 0 Å². The second-order valence-electron chi connectivity index (χ2n) is 7.25. The topological polar surface area (TPSA) is 71.8 Å². The molecule has 0 unspecified atom stereocenters. The quantitative estimate of drug-likeness (QED) is 0.645. The minimum absolute atomic E-state index is 0.00331. The lowest BCUT2D eigenvalue weighted by Gasteiger charge is -2.42. The molecule has 29 heavy (non-hydrogen) atoms. The van der Waals surface area contributed by atoms with E-state index in [9.17, 15) is 14.7 Å². The van der Waals surface area contributed by atoms with E-state index in [2.05, 4.69) is 4.90 Å². The van der Waals surface area contributed by atoms with Crippen LogP contribution < -0.4 is 9.64 Å². The van der Waals surface area contributed by atoms with E-state index in [1.54, 1.807) is 30.3 Å². The van der Waals surface area contributed by atoms with Gasteiger partial charge in [0.15, 0.2) is 5.78 Å². The fraction of sp³-hybridized carbons (Fsp3) is 0.217. The molecule has 0 saturated carbocycles. The van der Waals surface area contributed by atoms with Crippen molar-refractivity contribution in [3.8, 4) is 11.4 Å². The van der Waals surface area contributed by atoms with Crippen LogP contribution in [0.15, 0.2) is 60.9 Å². The van der Waals surface area contributed by atoms with Gasteiger partial charge in [0, 0.05) is 18.0 Å². The van der Waals surface area contributed by atoms with Crippen molar-refractivity contribution in [2.45, 2.75) is 20.0 Å². The van der Waals surface area contributed by atoms with Gasteiger partial charge in [0.2, 0.25) is 0 Å². The van der Waals surface area contributed by atoms with Crippen LogP contribution >= 0.6 is 0 Å². The number of carbonyl (C=O) groups excluding carboxylic acids is 1. The molecule has 1 fully saturated rings. The van der Waals surface area contributed by atoms with Gasteiger partial charge in [0.1, 0.15) is 11.9 Å². The van der Waals surface area contributed by atoms with E-state index in [1.165, 1.54) is 6.92 Å². The third-order valence-electron chi connectivity index (χ3n) is 5.17. The number of benzene rings is 2.